The molecule has 0 bridgehead atoms. The molecule has 372 valence electrons. The van der Waals surface area contributed by atoms with Crippen LogP contribution < -0.4 is 34.6 Å². The highest BCUT2D eigenvalue weighted by Gasteiger charge is 2.25. The number of nitrogens with zero attached hydrogens (tertiary/aromatic N) is 14. The number of nitrogens with one attached hydrogen (secondary N) is 1. The third-order valence-corrected chi connectivity index (χ3v) is 11.6. The molecule has 3 aliphatic heterocycles. The van der Waals surface area contributed by atoms with Gasteiger partial charge in [0.1, 0.15) is 32.9 Å². The molecule has 9 heterocycles. The zero-order valence-corrected chi connectivity index (χ0v) is 42.6. The maximum Gasteiger partial charge on any atom is 0.347 e. The van der Waals surface area contributed by atoms with Crippen LogP contribution in [0.15, 0.2) is 41.5 Å². The van der Waals surface area contributed by atoms with Crippen molar-refractivity contribution in [1.82, 2.24) is 59.4 Å². The Morgan fingerprint density at radius 3 is 1.41 bits per heavy atom. The van der Waals surface area contributed by atoms with Crippen LogP contribution in [-0.2, 0) is 28.3 Å². The molecule has 0 amide bonds. The van der Waals surface area contributed by atoms with E-state index in [1.54, 1.807) is 24.1 Å². The number of anilines is 3. The molecule has 9 rings (SSSR count). The van der Waals surface area contributed by atoms with Gasteiger partial charge in [-0.1, -0.05) is 34.8 Å². The second-order valence-corrected chi connectivity index (χ2v) is 17.2. The van der Waals surface area contributed by atoms with Crippen molar-refractivity contribution in [2.45, 2.75) is 52.7 Å². The van der Waals surface area contributed by atoms with E-state index >= 15 is 0 Å². The summed E-state index contributed by atoms with van der Waals surface area (Å²) in [6.45, 7) is 16.7. The SMILES string of the molecule is COc1nc(-c2c(C)cnn2C)cc(N2CCOC[C@H]2C)n1.COc1nc(Cl)cc(Cl)n1.COc1nc(Cl)cc(N2CCOC[C@H]2C)n1.Cc1cnn(C)c1-c1cc(N2CCOC[C@H]2C)nc(=O)[nH]1. The number of ether oxygens (including phenoxy) is 6. The molecular formula is C44H58Cl3N15O7. The molecule has 6 aromatic rings. The van der Waals surface area contributed by atoms with Crippen LogP contribution in [0, 0.1) is 13.8 Å². The van der Waals surface area contributed by atoms with E-state index in [9.17, 15) is 4.79 Å². The first-order chi connectivity index (χ1) is 33.1. The van der Waals surface area contributed by atoms with Gasteiger partial charge in [0.15, 0.2) is 0 Å². The number of aromatic nitrogens is 12. The molecule has 3 atom stereocenters. The Kier molecular flexibility index (Phi) is 18.7. The second kappa shape index (κ2) is 24.6. The molecule has 3 aliphatic rings. The largest absolute Gasteiger partial charge is 0.467 e. The predicted molar refractivity (Wildman–Crippen MR) is 262 cm³/mol. The Bertz CT molecular complexity index is 2630. The van der Waals surface area contributed by atoms with Crippen LogP contribution in [0.2, 0.25) is 15.5 Å². The lowest BCUT2D eigenvalue weighted by atomic mass is 10.2. The van der Waals surface area contributed by atoms with Gasteiger partial charge in [-0.2, -0.15) is 45.1 Å². The minimum atomic E-state index is -0.346. The number of rotatable bonds is 8. The Morgan fingerprint density at radius 2 is 0.971 bits per heavy atom. The van der Waals surface area contributed by atoms with Gasteiger partial charge in [-0.05, 0) is 45.7 Å². The number of hydrogen-bond acceptors (Lipinski definition) is 19. The van der Waals surface area contributed by atoms with Crippen molar-refractivity contribution >= 4 is 52.3 Å². The molecule has 25 heteroatoms. The number of morpholine rings is 3. The average Bonchev–Trinajstić information content (AvgIpc) is 3.86. The number of aryl methyl sites for hydroxylation is 4. The van der Waals surface area contributed by atoms with Crippen molar-refractivity contribution in [2.24, 2.45) is 14.1 Å². The van der Waals surface area contributed by atoms with Crippen LogP contribution in [-0.4, -0.2) is 158 Å². The van der Waals surface area contributed by atoms with E-state index in [0.717, 1.165) is 65.2 Å². The zero-order chi connectivity index (χ0) is 49.8. The van der Waals surface area contributed by atoms with Crippen LogP contribution in [0.25, 0.3) is 22.8 Å². The van der Waals surface area contributed by atoms with Crippen LogP contribution in [0.5, 0.6) is 18.0 Å². The summed E-state index contributed by atoms with van der Waals surface area (Å²) in [5.41, 5.74) is 5.17. The lowest BCUT2D eigenvalue weighted by Crippen LogP contribution is -2.44. The van der Waals surface area contributed by atoms with Crippen molar-refractivity contribution in [3.63, 3.8) is 0 Å². The normalized spacial score (nSPS) is 17.9. The fraction of sp³-hybridized carbons (Fsp3) is 0.500. The first-order valence-electron chi connectivity index (χ1n) is 22.0. The van der Waals surface area contributed by atoms with E-state index in [2.05, 4.69) is 90.3 Å². The number of H-pyrrole nitrogens is 1. The van der Waals surface area contributed by atoms with E-state index < -0.39 is 0 Å². The first kappa shape index (κ1) is 52.5. The van der Waals surface area contributed by atoms with Gasteiger partial charge >= 0.3 is 23.7 Å². The average molecular weight is 1020 g/mol. The van der Waals surface area contributed by atoms with Crippen LogP contribution in [0.3, 0.4) is 0 Å². The highest BCUT2D eigenvalue weighted by Crippen LogP contribution is 2.29. The lowest BCUT2D eigenvalue weighted by Gasteiger charge is -2.34. The summed E-state index contributed by atoms with van der Waals surface area (Å²) >= 11 is 16.9. The Labute approximate surface area is 415 Å². The molecule has 69 heavy (non-hydrogen) atoms. The maximum atomic E-state index is 11.9. The van der Waals surface area contributed by atoms with Gasteiger partial charge in [-0.25, -0.2) is 4.79 Å². The number of hydrogen-bond donors (Lipinski definition) is 1. The molecule has 0 unspecified atom stereocenters. The summed E-state index contributed by atoms with van der Waals surface area (Å²) in [7, 11) is 8.33. The zero-order valence-electron chi connectivity index (χ0n) is 40.3. The van der Waals surface area contributed by atoms with Gasteiger partial charge < -0.3 is 48.1 Å². The predicted octanol–water partition coefficient (Wildman–Crippen LogP) is 5.28. The van der Waals surface area contributed by atoms with E-state index in [0.29, 0.717) is 62.6 Å². The highest BCUT2D eigenvalue weighted by atomic mass is 35.5. The van der Waals surface area contributed by atoms with Gasteiger partial charge in [0.05, 0.1) is 114 Å². The fourth-order valence-electron chi connectivity index (χ4n) is 7.63. The standard InChI is InChI=1S/C15H21N5O2.C14H19N5O2.C10H14ClN3O2.C5H4Cl2N2O/c1-10-8-16-19(3)14(10)12-7-13(18-15(17-12)21-4)20-5-6-22-9-11(20)2;1-9-7-15-18(3)13(9)11-6-12(17-14(20)16-11)19-4-5-21-8-10(19)2;1-7-6-16-4-3-14(7)9-5-8(11)12-10(13-9)15-2;1-10-5-8-3(6)2-4(7)9-5/h7-8,11H,5-6,9H2,1-4H3;6-7,10H,4-5,8H2,1-3H3,(H,16,17,20);5,7H,3-4,6H2,1-2H3;2H,1H3/t11-;10-;7-;/m111./s1. The van der Waals surface area contributed by atoms with E-state index in [4.69, 9.17) is 58.5 Å². The smallest absolute Gasteiger partial charge is 0.347 e. The van der Waals surface area contributed by atoms with Crippen LogP contribution in [0.4, 0.5) is 17.5 Å². The van der Waals surface area contributed by atoms with Crippen molar-refractivity contribution in [1.29, 1.82) is 0 Å². The van der Waals surface area contributed by atoms with Crippen molar-refractivity contribution in [2.75, 3.05) is 95.3 Å². The Hall–Kier alpha value is -5.91. The van der Waals surface area contributed by atoms with Gasteiger partial charge in [-0.3, -0.25) is 9.36 Å². The summed E-state index contributed by atoms with van der Waals surface area (Å²) < 4.78 is 34.9. The van der Waals surface area contributed by atoms with E-state index in [-0.39, 0.29) is 40.1 Å². The van der Waals surface area contributed by atoms with Gasteiger partial charge in [0, 0.05) is 58.0 Å². The summed E-state index contributed by atoms with van der Waals surface area (Å²) in [5, 5.41) is 9.45. The molecule has 6 aromatic heterocycles. The van der Waals surface area contributed by atoms with E-state index in [1.807, 2.05) is 51.0 Å². The Morgan fingerprint density at radius 1 is 0.565 bits per heavy atom. The molecule has 22 nitrogen and oxygen atoms in total. The van der Waals surface area contributed by atoms with Gasteiger partial charge in [0.2, 0.25) is 0 Å². The molecule has 0 saturated carbocycles. The number of halogens is 3. The maximum absolute atomic E-state index is 11.9. The minimum Gasteiger partial charge on any atom is -0.467 e. The molecule has 0 spiro atoms. The van der Waals surface area contributed by atoms with Crippen LogP contribution in [0.1, 0.15) is 31.9 Å². The first-order valence-corrected chi connectivity index (χ1v) is 23.1. The van der Waals surface area contributed by atoms with Crippen molar-refractivity contribution < 1.29 is 28.4 Å². The van der Waals surface area contributed by atoms with Crippen molar-refractivity contribution in [3.05, 3.63) is 73.7 Å². The lowest BCUT2D eigenvalue weighted by molar-refractivity contribution is 0.0984. The molecule has 3 saturated heterocycles. The molecule has 0 aromatic carbocycles. The van der Waals surface area contributed by atoms with Crippen molar-refractivity contribution in [3.8, 4) is 40.8 Å². The summed E-state index contributed by atoms with van der Waals surface area (Å²) in [5.74, 6) is 2.33. The second-order valence-electron chi connectivity index (χ2n) is 16.0. The molecular weight excluding hydrogens is 957 g/mol. The summed E-state index contributed by atoms with van der Waals surface area (Å²) in [6.07, 6.45) is 3.62. The third kappa shape index (κ3) is 13.9. The Balaban J connectivity index is 0.000000156. The topological polar surface area (TPSA) is 224 Å². The minimum absolute atomic E-state index is 0.178. The number of methoxy groups -OCH3 is 3. The third-order valence-electron chi connectivity index (χ3n) is 11.0. The molecule has 3 fully saturated rings. The monoisotopic (exact) mass is 1010 g/mol. The van der Waals surface area contributed by atoms with Crippen LogP contribution >= 0.6 is 34.8 Å². The van der Waals surface area contributed by atoms with Gasteiger partial charge in [-0.15, -0.1) is 0 Å². The number of aromatic amines is 1. The van der Waals surface area contributed by atoms with Gasteiger partial charge in [0.25, 0.3) is 0 Å². The summed E-state index contributed by atoms with van der Waals surface area (Å²) in [6, 6.07) is 8.68. The molecule has 0 radical (unpaired) electrons. The molecule has 0 aliphatic carbocycles. The quantitative estimate of drug-likeness (QED) is 0.192. The highest BCUT2D eigenvalue weighted by molar-refractivity contribution is 6.33. The fourth-order valence-corrected chi connectivity index (χ4v) is 8.21. The summed E-state index contributed by atoms with van der Waals surface area (Å²) in [4.78, 5) is 49.9. The molecule has 1 N–H and O–H groups in total. The van der Waals surface area contributed by atoms with E-state index in [1.165, 1.54) is 20.3 Å².